The number of primary amides is 1. The van der Waals surface area contributed by atoms with Gasteiger partial charge in [-0.15, -0.1) is 0 Å². The van der Waals surface area contributed by atoms with Crippen molar-refractivity contribution in [3.8, 4) is 0 Å². The Kier molecular flexibility index (Phi) is 10.9. The Morgan fingerprint density at radius 2 is 1.79 bits per heavy atom. The first-order chi connectivity index (χ1) is 6.41. The molecule has 0 aliphatic rings. The van der Waals surface area contributed by atoms with Gasteiger partial charge in [-0.2, -0.15) is 0 Å². The Morgan fingerprint density at radius 3 is 2.07 bits per heavy atom. The van der Waals surface area contributed by atoms with Crippen LogP contribution in [0.2, 0.25) is 0 Å². The molecule has 0 bridgehead atoms. The lowest BCUT2D eigenvalue weighted by Gasteiger charge is -2.03. The van der Waals surface area contributed by atoms with E-state index in [4.69, 9.17) is 16.6 Å². The summed E-state index contributed by atoms with van der Waals surface area (Å²) >= 11 is 0. The topological polar surface area (TPSA) is 132 Å². The predicted molar refractivity (Wildman–Crippen MR) is 53.4 cm³/mol. The highest BCUT2D eigenvalue weighted by Gasteiger charge is 2.09. The number of carbonyl (C=O) groups is 2. The van der Waals surface area contributed by atoms with Crippen molar-refractivity contribution in [3.63, 3.8) is 0 Å². The minimum atomic E-state index is -0.933. The van der Waals surface area contributed by atoms with E-state index in [1.807, 2.05) is 0 Å². The molecule has 7 N–H and O–H groups in total. The fourth-order valence-electron chi connectivity index (χ4n) is 0.632. The molecule has 0 fully saturated rings. The zero-order chi connectivity index (χ0) is 11.6. The smallest absolute Gasteiger partial charge is 0.320 e. The van der Waals surface area contributed by atoms with Gasteiger partial charge < -0.3 is 22.3 Å². The van der Waals surface area contributed by atoms with Gasteiger partial charge in [0, 0.05) is 6.92 Å². The van der Waals surface area contributed by atoms with Crippen molar-refractivity contribution in [2.75, 3.05) is 6.54 Å². The standard InChI is InChI=1S/C6H14N2O2.C2H5NO/c7-4-2-1-3-5(8)6(9)10;1-2(3)4/h5H,1-4,7-8H2,(H,9,10);1H3,(H2,3,4)/t5-;/m0./s1. The molecule has 6 heteroatoms. The third kappa shape index (κ3) is 17.1. The summed E-state index contributed by atoms with van der Waals surface area (Å²) in [6.45, 7) is 1.91. The zero-order valence-electron chi connectivity index (χ0n) is 8.40. The molecule has 1 amide bonds. The van der Waals surface area contributed by atoms with Gasteiger partial charge in [-0.05, 0) is 19.4 Å². The zero-order valence-corrected chi connectivity index (χ0v) is 8.40. The second-order valence-electron chi connectivity index (χ2n) is 2.84. The lowest BCUT2D eigenvalue weighted by molar-refractivity contribution is -0.138. The minimum Gasteiger partial charge on any atom is -0.480 e. The summed E-state index contributed by atoms with van der Waals surface area (Å²) in [5.74, 6) is -1.27. The maximum atomic E-state index is 10.1. The van der Waals surface area contributed by atoms with Crippen LogP contribution in [0.5, 0.6) is 0 Å². The molecule has 0 spiro atoms. The summed E-state index contributed by atoms with van der Waals surface area (Å²) in [6, 6.07) is -0.716. The van der Waals surface area contributed by atoms with Gasteiger partial charge in [0.15, 0.2) is 0 Å². The van der Waals surface area contributed by atoms with Gasteiger partial charge in [-0.1, -0.05) is 6.42 Å². The second kappa shape index (κ2) is 9.94. The maximum absolute atomic E-state index is 10.1. The van der Waals surface area contributed by atoms with Crippen molar-refractivity contribution in [1.29, 1.82) is 0 Å². The van der Waals surface area contributed by atoms with Gasteiger partial charge in [-0.25, -0.2) is 0 Å². The Morgan fingerprint density at radius 1 is 1.36 bits per heavy atom. The molecule has 0 radical (unpaired) electrons. The molecule has 14 heavy (non-hydrogen) atoms. The number of nitrogens with two attached hydrogens (primary N) is 3. The molecule has 0 aliphatic carbocycles. The normalized spacial score (nSPS) is 11.1. The van der Waals surface area contributed by atoms with Crippen LogP contribution in [-0.4, -0.2) is 29.6 Å². The van der Waals surface area contributed by atoms with Crippen molar-refractivity contribution < 1.29 is 14.7 Å². The van der Waals surface area contributed by atoms with Crippen molar-refractivity contribution in [3.05, 3.63) is 0 Å². The minimum absolute atomic E-state index is 0.333. The first-order valence-corrected chi connectivity index (χ1v) is 4.36. The van der Waals surface area contributed by atoms with Crippen LogP contribution in [0.25, 0.3) is 0 Å². The summed E-state index contributed by atoms with van der Waals surface area (Å²) in [7, 11) is 0. The van der Waals surface area contributed by atoms with Crippen molar-refractivity contribution in [2.45, 2.75) is 32.2 Å². The maximum Gasteiger partial charge on any atom is 0.320 e. The number of aliphatic carboxylic acids is 1. The number of carboxylic acids is 1. The summed E-state index contributed by atoms with van der Waals surface area (Å²) in [5.41, 5.74) is 14.9. The highest BCUT2D eigenvalue weighted by Crippen LogP contribution is 1.96. The summed E-state index contributed by atoms with van der Waals surface area (Å²) in [4.78, 5) is 19.4. The largest absolute Gasteiger partial charge is 0.480 e. The highest BCUT2D eigenvalue weighted by atomic mass is 16.4. The highest BCUT2D eigenvalue weighted by molar-refractivity contribution is 5.72. The number of amides is 1. The lowest BCUT2D eigenvalue weighted by atomic mass is 10.1. The van der Waals surface area contributed by atoms with E-state index >= 15 is 0 Å². The van der Waals surface area contributed by atoms with Gasteiger partial charge in [-0.3, -0.25) is 9.59 Å². The van der Waals surface area contributed by atoms with Crippen LogP contribution in [0.1, 0.15) is 26.2 Å². The number of carboxylic acid groups (broad SMARTS) is 1. The molecule has 0 heterocycles. The third-order valence-corrected chi connectivity index (χ3v) is 1.29. The fourth-order valence-corrected chi connectivity index (χ4v) is 0.632. The van der Waals surface area contributed by atoms with E-state index in [1.54, 1.807) is 0 Å². The summed E-state index contributed by atoms with van der Waals surface area (Å²) < 4.78 is 0. The Labute approximate surface area is 83.4 Å². The molecule has 0 aliphatic heterocycles. The number of unbranched alkanes of at least 4 members (excludes halogenated alkanes) is 1. The molecule has 0 aromatic carbocycles. The predicted octanol–water partition coefficient (Wildman–Crippen LogP) is -0.981. The number of hydrogen-bond donors (Lipinski definition) is 4. The summed E-state index contributed by atoms with van der Waals surface area (Å²) in [5, 5.41) is 8.33. The van der Waals surface area contributed by atoms with Gasteiger partial charge in [0.2, 0.25) is 5.91 Å². The van der Waals surface area contributed by atoms with Gasteiger partial charge in [0.25, 0.3) is 0 Å². The molecule has 0 unspecified atom stereocenters. The quantitative estimate of drug-likeness (QED) is 0.428. The molecule has 84 valence electrons. The van der Waals surface area contributed by atoms with Crippen LogP contribution < -0.4 is 17.2 Å². The Bertz CT molecular complexity index is 169. The number of carbonyl (C=O) groups excluding carboxylic acids is 1. The monoisotopic (exact) mass is 205 g/mol. The van der Waals surface area contributed by atoms with Crippen LogP contribution in [-0.2, 0) is 9.59 Å². The van der Waals surface area contributed by atoms with E-state index in [-0.39, 0.29) is 5.91 Å². The molecule has 6 nitrogen and oxygen atoms in total. The molecule has 0 saturated carbocycles. The van der Waals surface area contributed by atoms with E-state index < -0.39 is 12.0 Å². The first-order valence-electron chi connectivity index (χ1n) is 4.36. The molecule has 1 atom stereocenters. The van der Waals surface area contributed by atoms with E-state index in [1.165, 1.54) is 6.92 Å². The fraction of sp³-hybridized carbons (Fsp3) is 0.750. The average molecular weight is 205 g/mol. The van der Waals surface area contributed by atoms with Crippen molar-refractivity contribution >= 4 is 11.9 Å². The average Bonchev–Trinajstić information content (AvgIpc) is 2.03. The molecule has 0 aromatic heterocycles. The van der Waals surface area contributed by atoms with E-state index in [9.17, 15) is 9.59 Å². The van der Waals surface area contributed by atoms with E-state index in [2.05, 4.69) is 5.73 Å². The Hall–Kier alpha value is -1.14. The molecule has 0 aromatic rings. The van der Waals surface area contributed by atoms with Gasteiger partial charge in [0.1, 0.15) is 6.04 Å². The van der Waals surface area contributed by atoms with Gasteiger partial charge >= 0.3 is 5.97 Å². The van der Waals surface area contributed by atoms with Gasteiger partial charge in [0.05, 0.1) is 0 Å². The SMILES string of the molecule is CC(N)=O.NCCCC[C@H](N)C(=O)O. The van der Waals surface area contributed by atoms with Crippen LogP contribution >= 0.6 is 0 Å². The number of hydrogen-bond acceptors (Lipinski definition) is 4. The van der Waals surface area contributed by atoms with Crippen molar-refractivity contribution in [2.24, 2.45) is 17.2 Å². The molecule has 0 saturated heterocycles. The molecular formula is C8H19N3O3. The molecular weight excluding hydrogens is 186 g/mol. The first kappa shape index (κ1) is 15.3. The van der Waals surface area contributed by atoms with Crippen LogP contribution in [0.4, 0.5) is 0 Å². The Balaban J connectivity index is 0. The number of rotatable bonds is 5. The van der Waals surface area contributed by atoms with E-state index in [0.29, 0.717) is 13.0 Å². The lowest BCUT2D eigenvalue weighted by Crippen LogP contribution is -2.29. The second-order valence-corrected chi connectivity index (χ2v) is 2.84. The van der Waals surface area contributed by atoms with Crippen molar-refractivity contribution in [1.82, 2.24) is 0 Å². The van der Waals surface area contributed by atoms with Crippen LogP contribution in [0, 0.1) is 0 Å². The van der Waals surface area contributed by atoms with Crippen LogP contribution in [0.15, 0.2) is 0 Å². The van der Waals surface area contributed by atoms with E-state index in [0.717, 1.165) is 12.8 Å². The van der Waals surface area contributed by atoms with Crippen LogP contribution in [0.3, 0.4) is 0 Å². The summed E-state index contributed by atoms with van der Waals surface area (Å²) in [6.07, 6.45) is 2.16. The molecule has 0 rings (SSSR count). The third-order valence-electron chi connectivity index (χ3n) is 1.29.